The zero-order chi connectivity index (χ0) is 9.07. The Morgan fingerprint density at radius 1 is 1.36 bits per heavy atom. The third-order valence-electron chi connectivity index (χ3n) is 1.67. The zero-order valence-corrected chi connectivity index (χ0v) is 8.19. The molecule has 0 saturated heterocycles. The lowest BCUT2D eigenvalue weighted by Gasteiger charge is -2.13. The number of carbonyl (C=O) groups is 1. The fraction of sp³-hybridized carbons (Fsp3) is 0.700. The van der Waals surface area contributed by atoms with Crippen molar-refractivity contribution in [2.24, 2.45) is 5.41 Å². The lowest BCUT2D eigenvalue weighted by atomic mass is 9.89. The molecule has 0 bridgehead atoms. The molecule has 0 radical (unpaired) electrons. The minimum atomic E-state index is -0.226. The van der Waals surface area contributed by atoms with Crippen molar-refractivity contribution in [1.82, 2.24) is 0 Å². The van der Waals surface area contributed by atoms with E-state index in [4.69, 9.17) is 0 Å². The summed E-state index contributed by atoms with van der Waals surface area (Å²) in [5.41, 5.74) is 0.932. The van der Waals surface area contributed by atoms with Gasteiger partial charge >= 0.3 is 0 Å². The van der Waals surface area contributed by atoms with Gasteiger partial charge in [-0.2, -0.15) is 0 Å². The molecule has 0 fully saturated rings. The second kappa shape index (κ2) is 3.70. The third kappa shape index (κ3) is 3.97. The predicted molar refractivity (Wildman–Crippen MR) is 48.5 cm³/mol. The highest BCUT2D eigenvalue weighted by Crippen LogP contribution is 2.16. The molecule has 0 aromatic carbocycles. The van der Waals surface area contributed by atoms with Crippen molar-refractivity contribution >= 4 is 5.78 Å². The number of ketones is 1. The first-order valence-corrected chi connectivity index (χ1v) is 4.09. The van der Waals surface area contributed by atoms with Crippen LogP contribution < -0.4 is 0 Å². The highest BCUT2D eigenvalue weighted by Gasteiger charge is 2.18. The van der Waals surface area contributed by atoms with Crippen molar-refractivity contribution < 1.29 is 4.79 Å². The maximum atomic E-state index is 11.4. The van der Waals surface area contributed by atoms with E-state index in [1.807, 2.05) is 27.7 Å². The summed E-state index contributed by atoms with van der Waals surface area (Å²) in [5, 5.41) is 0. The Morgan fingerprint density at radius 3 is 2.09 bits per heavy atom. The van der Waals surface area contributed by atoms with Crippen LogP contribution >= 0.6 is 0 Å². The largest absolute Gasteiger partial charge is 0.294 e. The molecular formula is C10H18O. The second-order valence-electron chi connectivity index (χ2n) is 3.96. The SMILES string of the molecule is CC/C(C)=C/C(=O)C(C)(C)C. The summed E-state index contributed by atoms with van der Waals surface area (Å²) in [4.78, 5) is 11.4. The monoisotopic (exact) mass is 154 g/mol. The van der Waals surface area contributed by atoms with E-state index in [9.17, 15) is 4.79 Å². The molecule has 0 aromatic rings. The zero-order valence-electron chi connectivity index (χ0n) is 8.19. The normalized spacial score (nSPS) is 13.4. The van der Waals surface area contributed by atoms with Gasteiger partial charge in [-0.15, -0.1) is 0 Å². The number of hydrogen-bond donors (Lipinski definition) is 0. The minimum Gasteiger partial charge on any atom is -0.294 e. The van der Waals surface area contributed by atoms with Gasteiger partial charge in [-0.25, -0.2) is 0 Å². The van der Waals surface area contributed by atoms with Crippen molar-refractivity contribution in [3.63, 3.8) is 0 Å². The van der Waals surface area contributed by atoms with Crippen molar-refractivity contribution in [2.45, 2.75) is 41.0 Å². The highest BCUT2D eigenvalue weighted by molar-refractivity contribution is 5.94. The molecule has 1 nitrogen and oxygen atoms in total. The molecule has 0 aliphatic carbocycles. The first-order chi connectivity index (χ1) is 4.88. The van der Waals surface area contributed by atoms with Crippen LogP contribution in [-0.2, 0) is 4.79 Å². The fourth-order valence-corrected chi connectivity index (χ4v) is 0.542. The van der Waals surface area contributed by atoms with Crippen LogP contribution in [0.25, 0.3) is 0 Å². The van der Waals surface area contributed by atoms with Crippen LogP contribution in [0.3, 0.4) is 0 Å². The Hall–Kier alpha value is -0.590. The van der Waals surface area contributed by atoms with Gasteiger partial charge in [0.2, 0.25) is 0 Å². The van der Waals surface area contributed by atoms with Crippen LogP contribution in [0.1, 0.15) is 41.0 Å². The summed E-state index contributed by atoms with van der Waals surface area (Å²) in [7, 11) is 0. The summed E-state index contributed by atoms with van der Waals surface area (Å²) in [5.74, 6) is 0.219. The van der Waals surface area contributed by atoms with Gasteiger partial charge in [-0.3, -0.25) is 4.79 Å². The Balaban J connectivity index is 4.30. The number of rotatable bonds is 2. The molecule has 0 spiro atoms. The standard InChI is InChI=1S/C10H18O/c1-6-8(2)7-9(11)10(3,4)5/h7H,6H2,1-5H3/b8-7+. The van der Waals surface area contributed by atoms with Gasteiger partial charge in [0.25, 0.3) is 0 Å². The van der Waals surface area contributed by atoms with E-state index in [1.54, 1.807) is 6.08 Å². The first-order valence-electron chi connectivity index (χ1n) is 4.09. The molecule has 0 aromatic heterocycles. The van der Waals surface area contributed by atoms with Crippen molar-refractivity contribution in [1.29, 1.82) is 0 Å². The Bertz CT molecular complexity index is 170. The van der Waals surface area contributed by atoms with Gasteiger partial charge in [0, 0.05) is 5.41 Å². The van der Waals surface area contributed by atoms with Crippen LogP contribution in [-0.4, -0.2) is 5.78 Å². The van der Waals surface area contributed by atoms with E-state index in [0.717, 1.165) is 12.0 Å². The average Bonchev–Trinajstić information content (AvgIpc) is 1.85. The highest BCUT2D eigenvalue weighted by atomic mass is 16.1. The number of allylic oxidation sites excluding steroid dienone is 2. The Labute approximate surface area is 69.5 Å². The number of hydrogen-bond acceptors (Lipinski definition) is 1. The molecule has 0 unspecified atom stereocenters. The van der Waals surface area contributed by atoms with Gasteiger partial charge in [-0.05, 0) is 19.4 Å². The van der Waals surface area contributed by atoms with Crippen LogP contribution in [0.5, 0.6) is 0 Å². The molecule has 0 amide bonds. The van der Waals surface area contributed by atoms with Crippen molar-refractivity contribution in [3.05, 3.63) is 11.6 Å². The molecule has 0 aliphatic heterocycles. The molecule has 0 heterocycles. The molecule has 0 saturated carbocycles. The van der Waals surface area contributed by atoms with Gasteiger partial charge in [0.15, 0.2) is 5.78 Å². The molecular weight excluding hydrogens is 136 g/mol. The molecule has 0 rings (SSSR count). The van der Waals surface area contributed by atoms with E-state index < -0.39 is 0 Å². The first kappa shape index (κ1) is 10.4. The smallest absolute Gasteiger partial charge is 0.160 e. The summed E-state index contributed by atoms with van der Waals surface area (Å²) in [6.45, 7) is 9.86. The van der Waals surface area contributed by atoms with Gasteiger partial charge in [0.05, 0.1) is 0 Å². The van der Waals surface area contributed by atoms with E-state index in [1.165, 1.54) is 0 Å². The third-order valence-corrected chi connectivity index (χ3v) is 1.67. The van der Waals surface area contributed by atoms with Crippen molar-refractivity contribution in [3.8, 4) is 0 Å². The molecule has 0 aliphatic rings. The van der Waals surface area contributed by atoms with E-state index >= 15 is 0 Å². The maximum Gasteiger partial charge on any atom is 0.160 e. The molecule has 64 valence electrons. The summed E-state index contributed by atoms with van der Waals surface area (Å²) >= 11 is 0. The van der Waals surface area contributed by atoms with Crippen LogP contribution in [0.15, 0.2) is 11.6 Å². The second-order valence-corrected chi connectivity index (χ2v) is 3.96. The fourth-order valence-electron chi connectivity index (χ4n) is 0.542. The summed E-state index contributed by atoms with van der Waals surface area (Å²) in [6.07, 6.45) is 2.71. The summed E-state index contributed by atoms with van der Waals surface area (Å²) in [6, 6.07) is 0. The lowest BCUT2D eigenvalue weighted by molar-refractivity contribution is -0.121. The van der Waals surface area contributed by atoms with Gasteiger partial charge < -0.3 is 0 Å². The summed E-state index contributed by atoms with van der Waals surface area (Å²) < 4.78 is 0. The van der Waals surface area contributed by atoms with Gasteiger partial charge in [-0.1, -0.05) is 33.3 Å². The molecule has 11 heavy (non-hydrogen) atoms. The van der Waals surface area contributed by atoms with E-state index in [-0.39, 0.29) is 11.2 Å². The quantitative estimate of drug-likeness (QED) is 0.559. The predicted octanol–water partition coefficient (Wildman–Crippen LogP) is 2.96. The van der Waals surface area contributed by atoms with E-state index in [0.29, 0.717) is 0 Å². The average molecular weight is 154 g/mol. The van der Waals surface area contributed by atoms with Crippen LogP contribution in [0.4, 0.5) is 0 Å². The van der Waals surface area contributed by atoms with Gasteiger partial charge in [0.1, 0.15) is 0 Å². The Kier molecular flexibility index (Phi) is 3.50. The van der Waals surface area contributed by atoms with Crippen molar-refractivity contribution in [2.75, 3.05) is 0 Å². The minimum absolute atomic E-state index is 0.219. The van der Waals surface area contributed by atoms with Crippen LogP contribution in [0.2, 0.25) is 0 Å². The van der Waals surface area contributed by atoms with E-state index in [2.05, 4.69) is 6.92 Å². The molecule has 0 N–H and O–H groups in total. The molecule has 1 heteroatoms. The lowest BCUT2D eigenvalue weighted by Crippen LogP contribution is -2.17. The Morgan fingerprint density at radius 2 is 1.82 bits per heavy atom. The maximum absolute atomic E-state index is 11.4. The number of carbonyl (C=O) groups excluding carboxylic acids is 1. The molecule has 0 atom stereocenters. The topological polar surface area (TPSA) is 17.1 Å². The van der Waals surface area contributed by atoms with Crippen LogP contribution in [0, 0.1) is 5.41 Å².